The fourth-order valence-corrected chi connectivity index (χ4v) is 7.67. The fraction of sp³-hybridized carbons (Fsp3) is 0.680. The quantitative estimate of drug-likeness (QED) is 0.611. The van der Waals surface area contributed by atoms with E-state index in [2.05, 4.69) is 18.7 Å². The number of sulfonamides is 1. The predicted molar refractivity (Wildman–Crippen MR) is 127 cm³/mol. The van der Waals surface area contributed by atoms with E-state index in [4.69, 9.17) is 0 Å². The van der Waals surface area contributed by atoms with E-state index in [9.17, 15) is 22.9 Å². The van der Waals surface area contributed by atoms with Crippen LogP contribution in [0, 0.1) is 30.0 Å². The average Bonchev–Trinajstić information content (AvgIpc) is 3.64. The second-order valence-electron chi connectivity index (χ2n) is 10.2. The molecule has 1 aromatic carbocycles. The highest BCUT2D eigenvalue weighted by atomic mass is 32.2. The summed E-state index contributed by atoms with van der Waals surface area (Å²) in [6, 6.07) is 4.40. The van der Waals surface area contributed by atoms with Gasteiger partial charge in [0.2, 0.25) is 15.9 Å². The Labute approximate surface area is 202 Å². The zero-order valence-electron chi connectivity index (χ0n) is 20.3. The van der Waals surface area contributed by atoms with E-state index in [0.717, 1.165) is 45.1 Å². The van der Waals surface area contributed by atoms with Crippen molar-refractivity contribution in [1.82, 2.24) is 14.1 Å². The minimum absolute atomic E-state index is 0.0126. The molecular formula is C25H35FN4O3S. The van der Waals surface area contributed by atoms with E-state index in [1.165, 1.54) is 13.0 Å². The minimum atomic E-state index is -3.88. The number of rotatable bonds is 6. The molecular weight excluding hydrogens is 455 g/mol. The van der Waals surface area contributed by atoms with E-state index >= 15 is 0 Å². The molecule has 186 valence electrons. The van der Waals surface area contributed by atoms with Crippen molar-refractivity contribution in [2.45, 2.75) is 82.3 Å². The highest BCUT2D eigenvalue weighted by Gasteiger charge is 2.45. The second kappa shape index (κ2) is 9.92. The molecule has 2 aliphatic carbocycles. The number of piperazine rings is 1. The number of hydrogen-bond donors (Lipinski definition) is 0. The SMILES string of the molecule is Cc1c(S(=O)(=O)N(C2CC2)[C@H]2CC[C@H](C(=O)N3CCN(C(C)C)CC3)CC2)ccc(F)c1C#N. The molecule has 3 fully saturated rings. The van der Waals surface area contributed by atoms with Gasteiger partial charge >= 0.3 is 0 Å². The third-order valence-electron chi connectivity index (χ3n) is 7.70. The molecule has 1 aromatic rings. The van der Waals surface area contributed by atoms with Gasteiger partial charge in [-0.15, -0.1) is 0 Å². The van der Waals surface area contributed by atoms with Crippen LogP contribution in [0.5, 0.6) is 0 Å². The van der Waals surface area contributed by atoms with E-state index in [1.807, 2.05) is 4.90 Å². The summed E-state index contributed by atoms with van der Waals surface area (Å²) in [5.41, 5.74) is -0.0544. The largest absolute Gasteiger partial charge is 0.340 e. The molecule has 3 aliphatic rings. The number of amides is 1. The standard InChI is InChI=1S/C25H35FN4O3S/c1-17(2)28-12-14-29(15-13-28)25(31)19-4-6-20(7-5-19)30(21-8-9-21)34(32,33)24-11-10-23(26)22(16-27)18(24)3/h10-11,17,19-21H,4-9,12-15H2,1-3H3/t19-,20-. The molecule has 0 radical (unpaired) electrons. The molecule has 34 heavy (non-hydrogen) atoms. The Morgan fingerprint density at radius 2 is 1.62 bits per heavy atom. The lowest BCUT2D eigenvalue weighted by atomic mass is 9.85. The highest BCUT2D eigenvalue weighted by Crippen LogP contribution is 2.40. The minimum Gasteiger partial charge on any atom is -0.340 e. The van der Waals surface area contributed by atoms with E-state index in [-0.39, 0.29) is 39.9 Å². The molecule has 7 nitrogen and oxygen atoms in total. The van der Waals surface area contributed by atoms with Gasteiger partial charge in [-0.25, -0.2) is 12.8 Å². The zero-order valence-corrected chi connectivity index (χ0v) is 21.2. The van der Waals surface area contributed by atoms with Crippen molar-refractivity contribution in [3.05, 3.63) is 29.1 Å². The van der Waals surface area contributed by atoms with Crippen LogP contribution in [0.1, 0.15) is 63.5 Å². The summed E-state index contributed by atoms with van der Waals surface area (Å²) in [7, 11) is -3.88. The Bertz CT molecular complexity index is 1060. The van der Waals surface area contributed by atoms with Gasteiger partial charge in [0, 0.05) is 50.2 Å². The number of nitrogens with zero attached hydrogens (tertiary/aromatic N) is 4. The molecule has 0 unspecified atom stereocenters. The van der Waals surface area contributed by atoms with Gasteiger partial charge in [-0.05, 0) is 77.0 Å². The molecule has 1 aliphatic heterocycles. The van der Waals surface area contributed by atoms with E-state index < -0.39 is 15.8 Å². The summed E-state index contributed by atoms with van der Waals surface area (Å²) in [6.07, 6.45) is 4.26. The lowest BCUT2D eigenvalue weighted by Crippen LogP contribution is -2.52. The molecule has 0 aromatic heterocycles. The summed E-state index contributed by atoms with van der Waals surface area (Å²) in [5.74, 6) is -0.552. The third-order valence-corrected chi connectivity index (χ3v) is 9.85. The first-order valence-electron chi connectivity index (χ1n) is 12.4. The van der Waals surface area contributed by atoms with Crippen LogP contribution in [0.4, 0.5) is 4.39 Å². The Hall–Kier alpha value is -2.02. The Morgan fingerprint density at radius 3 is 2.12 bits per heavy atom. The summed E-state index contributed by atoms with van der Waals surface area (Å²) in [4.78, 5) is 17.5. The molecule has 0 N–H and O–H groups in total. The predicted octanol–water partition coefficient (Wildman–Crippen LogP) is 3.27. The third kappa shape index (κ3) is 4.86. The van der Waals surface area contributed by atoms with Crippen molar-refractivity contribution in [3.8, 4) is 6.07 Å². The Morgan fingerprint density at radius 1 is 1.06 bits per heavy atom. The van der Waals surface area contributed by atoms with Crippen molar-refractivity contribution >= 4 is 15.9 Å². The highest BCUT2D eigenvalue weighted by molar-refractivity contribution is 7.89. The van der Waals surface area contributed by atoms with Crippen molar-refractivity contribution in [2.24, 2.45) is 5.92 Å². The topological polar surface area (TPSA) is 84.7 Å². The molecule has 0 bridgehead atoms. The van der Waals surface area contributed by atoms with Gasteiger partial charge in [-0.1, -0.05) is 0 Å². The van der Waals surface area contributed by atoms with E-state index in [0.29, 0.717) is 31.7 Å². The zero-order chi connectivity index (χ0) is 24.6. The van der Waals surface area contributed by atoms with Gasteiger partial charge in [-0.2, -0.15) is 9.57 Å². The monoisotopic (exact) mass is 490 g/mol. The van der Waals surface area contributed by atoms with Crippen LogP contribution >= 0.6 is 0 Å². The molecule has 0 atom stereocenters. The van der Waals surface area contributed by atoms with Gasteiger partial charge in [0.15, 0.2) is 0 Å². The van der Waals surface area contributed by atoms with Crippen molar-refractivity contribution in [1.29, 1.82) is 5.26 Å². The Balaban J connectivity index is 1.45. The first-order chi connectivity index (χ1) is 16.1. The van der Waals surface area contributed by atoms with Crippen molar-refractivity contribution < 1.29 is 17.6 Å². The number of benzene rings is 1. The average molecular weight is 491 g/mol. The molecule has 1 amide bonds. The van der Waals surface area contributed by atoms with Crippen LogP contribution in [0.3, 0.4) is 0 Å². The van der Waals surface area contributed by atoms with Gasteiger partial charge in [-0.3, -0.25) is 9.69 Å². The van der Waals surface area contributed by atoms with Crippen molar-refractivity contribution in [3.63, 3.8) is 0 Å². The Kier molecular flexibility index (Phi) is 7.32. The van der Waals surface area contributed by atoms with Gasteiger partial charge < -0.3 is 4.90 Å². The normalized spacial score (nSPS) is 24.4. The molecule has 2 saturated carbocycles. The first kappa shape index (κ1) is 25.1. The van der Waals surface area contributed by atoms with E-state index in [1.54, 1.807) is 10.4 Å². The summed E-state index contributed by atoms with van der Waals surface area (Å²) < 4.78 is 43.0. The number of hydrogen-bond acceptors (Lipinski definition) is 5. The number of nitriles is 1. The second-order valence-corrected chi connectivity index (χ2v) is 12.0. The van der Waals surface area contributed by atoms with Crippen LogP contribution in [0.15, 0.2) is 17.0 Å². The summed E-state index contributed by atoms with van der Waals surface area (Å²) >= 11 is 0. The lowest BCUT2D eigenvalue weighted by molar-refractivity contribution is -0.138. The van der Waals surface area contributed by atoms with Crippen LogP contribution in [0.2, 0.25) is 0 Å². The van der Waals surface area contributed by atoms with Crippen LogP contribution < -0.4 is 0 Å². The molecule has 0 spiro atoms. The molecule has 1 heterocycles. The number of carbonyl (C=O) groups is 1. The molecule has 1 saturated heterocycles. The van der Waals surface area contributed by atoms with Gasteiger partial charge in [0.05, 0.1) is 10.5 Å². The molecule has 4 rings (SSSR count). The lowest BCUT2D eigenvalue weighted by Gasteiger charge is -2.40. The first-order valence-corrected chi connectivity index (χ1v) is 13.8. The molecule has 9 heteroatoms. The summed E-state index contributed by atoms with van der Waals surface area (Å²) in [6.45, 7) is 9.14. The maximum Gasteiger partial charge on any atom is 0.243 e. The fourth-order valence-electron chi connectivity index (χ4n) is 5.50. The van der Waals surface area contributed by atoms with Crippen LogP contribution in [0.25, 0.3) is 0 Å². The van der Waals surface area contributed by atoms with Crippen molar-refractivity contribution in [2.75, 3.05) is 26.2 Å². The van der Waals surface area contributed by atoms with Gasteiger partial charge in [0.1, 0.15) is 11.9 Å². The maximum absolute atomic E-state index is 14.0. The maximum atomic E-state index is 14.0. The number of carbonyl (C=O) groups excluding carboxylic acids is 1. The van der Waals surface area contributed by atoms with Gasteiger partial charge in [0.25, 0.3) is 0 Å². The van der Waals surface area contributed by atoms with Crippen LogP contribution in [-0.2, 0) is 14.8 Å². The summed E-state index contributed by atoms with van der Waals surface area (Å²) in [5, 5.41) is 9.29. The smallest absolute Gasteiger partial charge is 0.243 e. The van der Waals surface area contributed by atoms with Crippen LogP contribution in [-0.4, -0.2) is 72.7 Å². The number of halogens is 1.